The third-order valence-electron chi connectivity index (χ3n) is 4.42. The van der Waals surface area contributed by atoms with E-state index in [2.05, 4.69) is 0 Å². The van der Waals surface area contributed by atoms with E-state index in [-0.39, 0.29) is 0 Å². The van der Waals surface area contributed by atoms with Crippen molar-refractivity contribution in [1.29, 1.82) is 0 Å². The SMILES string of the molecule is O=CCCC12CC3CC1C2C3. The van der Waals surface area contributed by atoms with Gasteiger partial charge in [0.2, 0.25) is 0 Å². The van der Waals surface area contributed by atoms with Crippen molar-refractivity contribution < 1.29 is 4.79 Å². The van der Waals surface area contributed by atoms with Crippen LogP contribution in [-0.4, -0.2) is 6.29 Å². The lowest BCUT2D eigenvalue weighted by atomic mass is 9.98. The topological polar surface area (TPSA) is 17.1 Å². The standard InChI is InChI=1S/C10H14O/c11-3-1-2-10-6-7-4-8(10)9(10)5-7/h3,7-9H,1-2,4-6H2. The van der Waals surface area contributed by atoms with Crippen LogP contribution in [-0.2, 0) is 4.79 Å². The maximum absolute atomic E-state index is 10.2. The van der Waals surface area contributed by atoms with Gasteiger partial charge in [0.1, 0.15) is 6.29 Å². The average Bonchev–Trinajstić information content (AvgIpc) is 2.55. The van der Waals surface area contributed by atoms with Gasteiger partial charge in [0.25, 0.3) is 0 Å². The minimum atomic E-state index is 0.714. The van der Waals surface area contributed by atoms with Crippen molar-refractivity contribution >= 4 is 6.29 Å². The molecule has 2 unspecified atom stereocenters. The van der Waals surface area contributed by atoms with Gasteiger partial charge in [-0.2, -0.15) is 0 Å². The fourth-order valence-electron chi connectivity index (χ4n) is 4.09. The van der Waals surface area contributed by atoms with E-state index in [1.807, 2.05) is 0 Å². The highest BCUT2D eigenvalue weighted by atomic mass is 16.1. The molecule has 2 atom stereocenters. The quantitative estimate of drug-likeness (QED) is 0.562. The first kappa shape index (κ1) is 6.22. The van der Waals surface area contributed by atoms with E-state index in [4.69, 9.17) is 0 Å². The Morgan fingerprint density at radius 3 is 2.55 bits per heavy atom. The number of hydrogen-bond donors (Lipinski definition) is 0. The molecule has 0 aliphatic heterocycles. The molecule has 60 valence electrons. The normalized spacial score (nSPS) is 56.5. The second kappa shape index (κ2) is 1.70. The lowest BCUT2D eigenvalue weighted by molar-refractivity contribution is -0.108. The molecule has 4 saturated carbocycles. The zero-order chi connectivity index (χ0) is 7.47. The van der Waals surface area contributed by atoms with Crippen molar-refractivity contribution in [3.8, 4) is 0 Å². The second-order valence-corrected chi connectivity index (χ2v) is 4.69. The Kier molecular flexibility index (Phi) is 0.961. The van der Waals surface area contributed by atoms with Crippen LogP contribution in [0.2, 0.25) is 0 Å². The van der Waals surface area contributed by atoms with Gasteiger partial charge in [0.05, 0.1) is 0 Å². The molecule has 0 radical (unpaired) electrons. The van der Waals surface area contributed by atoms with Crippen LogP contribution in [0.5, 0.6) is 0 Å². The summed E-state index contributed by atoms with van der Waals surface area (Å²) >= 11 is 0. The van der Waals surface area contributed by atoms with Crippen LogP contribution in [0.25, 0.3) is 0 Å². The van der Waals surface area contributed by atoms with Crippen LogP contribution in [0, 0.1) is 23.2 Å². The maximum Gasteiger partial charge on any atom is 0.120 e. The lowest BCUT2D eigenvalue weighted by Crippen LogP contribution is -1.98. The Bertz CT molecular complexity index is 197. The summed E-state index contributed by atoms with van der Waals surface area (Å²) in [5, 5.41) is 0. The van der Waals surface area contributed by atoms with Gasteiger partial charge in [-0.05, 0) is 48.9 Å². The zero-order valence-electron chi connectivity index (χ0n) is 6.75. The molecular weight excluding hydrogens is 136 g/mol. The van der Waals surface area contributed by atoms with E-state index >= 15 is 0 Å². The predicted molar refractivity (Wildman–Crippen MR) is 42.1 cm³/mol. The van der Waals surface area contributed by atoms with Crippen LogP contribution in [0.15, 0.2) is 0 Å². The van der Waals surface area contributed by atoms with E-state index < -0.39 is 0 Å². The van der Waals surface area contributed by atoms with Gasteiger partial charge < -0.3 is 4.79 Å². The molecular formula is C10H14O. The van der Waals surface area contributed by atoms with Gasteiger partial charge in [-0.15, -0.1) is 0 Å². The van der Waals surface area contributed by atoms with Crippen molar-refractivity contribution in [2.24, 2.45) is 23.2 Å². The van der Waals surface area contributed by atoms with Gasteiger partial charge in [-0.3, -0.25) is 0 Å². The minimum absolute atomic E-state index is 0.714. The molecule has 4 bridgehead atoms. The van der Waals surface area contributed by atoms with Crippen LogP contribution in [0.1, 0.15) is 32.1 Å². The summed E-state index contributed by atoms with van der Waals surface area (Å²) < 4.78 is 0. The number of aldehydes is 1. The van der Waals surface area contributed by atoms with E-state index in [1.165, 1.54) is 25.7 Å². The molecule has 0 amide bonds. The largest absolute Gasteiger partial charge is 0.303 e. The summed E-state index contributed by atoms with van der Waals surface area (Å²) in [4.78, 5) is 10.2. The molecule has 0 saturated heterocycles. The summed E-state index contributed by atoms with van der Waals surface area (Å²) in [6, 6.07) is 0. The molecule has 4 aliphatic carbocycles. The number of rotatable bonds is 3. The molecule has 4 rings (SSSR count). The van der Waals surface area contributed by atoms with Crippen molar-refractivity contribution in [2.75, 3.05) is 0 Å². The Labute approximate surface area is 67.2 Å². The number of carbonyl (C=O) groups is 1. The molecule has 11 heavy (non-hydrogen) atoms. The van der Waals surface area contributed by atoms with Crippen LogP contribution >= 0.6 is 0 Å². The molecule has 0 N–H and O–H groups in total. The van der Waals surface area contributed by atoms with Gasteiger partial charge in [-0.25, -0.2) is 0 Å². The average molecular weight is 150 g/mol. The highest BCUT2D eigenvalue weighted by Crippen LogP contribution is 2.80. The summed E-state index contributed by atoms with van der Waals surface area (Å²) in [6.45, 7) is 0. The van der Waals surface area contributed by atoms with Crippen molar-refractivity contribution in [3.63, 3.8) is 0 Å². The van der Waals surface area contributed by atoms with Crippen LogP contribution in [0.3, 0.4) is 0 Å². The molecule has 0 aromatic heterocycles. The Balaban J connectivity index is 1.75. The molecule has 4 aliphatic rings. The maximum atomic E-state index is 10.2. The van der Waals surface area contributed by atoms with E-state index in [9.17, 15) is 4.79 Å². The summed E-state index contributed by atoms with van der Waals surface area (Å²) in [5.41, 5.74) is 0.714. The highest BCUT2D eigenvalue weighted by Gasteiger charge is 2.73. The molecule has 0 aromatic carbocycles. The monoisotopic (exact) mass is 150 g/mol. The lowest BCUT2D eigenvalue weighted by Gasteiger charge is -2.06. The van der Waals surface area contributed by atoms with Crippen molar-refractivity contribution in [3.05, 3.63) is 0 Å². The predicted octanol–water partition coefficient (Wildman–Crippen LogP) is 2.01. The Morgan fingerprint density at radius 1 is 1.36 bits per heavy atom. The summed E-state index contributed by atoms with van der Waals surface area (Å²) in [5.74, 6) is 3.19. The summed E-state index contributed by atoms with van der Waals surface area (Å²) in [6.07, 6.45) is 7.60. The number of hydrogen-bond acceptors (Lipinski definition) is 1. The molecule has 1 heteroatoms. The molecule has 0 spiro atoms. The first-order valence-electron chi connectivity index (χ1n) is 4.80. The molecule has 0 aromatic rings. The van der Waals surface area contributed by atoms with Gasteiger partial charge in [0.15, 0.2) is 0 Å². The van der Waals surface area contributed by atoms with E-state index in [1.54, 1.807) is 0 Å². The fourth-order valence-corrected chi connectivity index (χ4v) is 4.09. The van der Waals surface area contributed by atoms with Gasteiger partial charge >= 0.3 is 0 Å². The van der Waals surface area contributed by atoms with Gasteiger partial charge in [-0.1, -0.05) is 0 Å². The fraction of sp³-hybridized carbons (Fsp3) is 0.900. The third kappa shape index (κ3) is 0.567. The summed E-state index contributed by atoms with van der Waals surface area (Å²) in [7, 11) is 0. The molecule has 0 heterocycles. The highest BCUT2D eigenvalue weighted by molar-refractivity contribution is 5.49. The van der Waals surface area contributed by atoms with Crippen LogP contribution < -0.4 is 0 Å². The van der Waals surface area contributed by atoms with E-state index in [0.717, 1.165) is 30.5 Å². The van der Waals surface area contributed by atoms with Crippen molar-refractivity contribution in [2.45, 2.75) is 32.1 Å². The Hall–Kier alpha value is -0.330. The Morgan fingerprint density at radius 2 is 2.09 bits per heavy atom. The molecule has 1 nitrogen and oxygen atoms in total. The van der Waals surface area contributed by atoms with Crippen molar-refractivity contribution in [1.82, 2.24) is 0 Å². The third-order valence-corrected chi connectivity index (χ3v) is 4.42. The molecule has 4 fully saturated rings. The van der Waals surface area contributed by atoms with Crippen LogP contribution in [0.4, 0.5) is 0 Å². The zero-order valence-corrected chi connectivity index (χ0v) is 6.75. The first-order valence-corrected chi connectivity index (χ1v) is 4.80. The van der Waals surface area contributed by atoms with E-state index in [0.29, 0.717) is 5.41 Å². The number of carbonyl (C=O) groups excluding carboxylic acids is 1. The first-order chi connectivity index (χ1) is 5.37. The second-order valence-electron chi connectivity index (χ2n) is 4.69. The smallest absolute Gasteiger partial charge is 0.120 e. The van der Waals surface area contributed by atoms with Gasteiger partial charge in [0, 0.05) is 6.42 Å². The minimum Gasteiger partial charge on any atom is -0.303 e.